The fraction of sp³-hybridized carbons (Fsp3) is 0.667. The van der Waals surface area contributed by atoms with Crippen LogP contribution in [0.25, 0.3) is 0 Å². The Kier molecular flexibility index (Phi) is 7.04. The molecule has 0 amide bonds. The number of hydrogen-bond donors (Lipinski definition) is 1. The zero-order valence-electron chi connectivity index (χ0n) is 13.1. The Morgan fingerprint density at radius 3 is 2.24 bits per heavy atom. The summed E-state index contributed by atoms with van der Waals surface area (Å²) >= 11 is 0. The quantitative estimate of drug-likeness (QED) is 0.699. The first-order valence-corrected chi connectivity index (χ1v) is 8.31. The third-order valence-corrected chi connectivity index (χ3v) is 4.10. The molecule has 0 bridgehead atoms. The van der Waals surface area contributed by atoms with Crippen LogP contribution in [0.1, 0.15) is 63.7 Å². The Hall–Kier alpha value is -1.06. The second-order valence-electron chi connectivity index (χ2n) is 6.01. The Balaban J connectivity index is 1.61. The van der Waals surface area contributed by atoms with Crippen molar-refractivity contribution in [2.24, 2.45) is 5.92 Å². The summed E-state index contributed by atoms with van der Waals surface area (Å²) in [6.45, 7) is 3.81. The van der Waals surface area contributed by atoms with Gasteiger partial charge in [0.2, 0.25) is 0 Å². The molecule has 1 aliphatic rings. The molecule has 0 unspecified atom stereocenters. The van der Waals surface area contributed by atoms with Gasteiger partial charge in [-0.3, -0.25) is 0 Å². The first-order valence-electron chi connectivity index (χ1n) is 8.31. The molecule has 1 saturated heterocycles. The predicted molar refractivity (Wildman–Crippen MR) is 84.2 cm³/mol. The first-order chi connectivity index (χ1) is 10.3. The number of benzene rings is 1. The molecule has 2 rings (SSSR count). The third kappa shape index (κ3) is 5.68. The summed E-state index contributed by atoms with van der Waals surface area (Å²) in [5, 5.41) is 9.29. The lowest BCUT2D eigenvalue weighted by atomic mass is 10.0. The summed E-state index contributed by atoms with van der Waals surface area (Å²) in [5.41, 5.74) is 0.978. The van der Waals surface area contributed by atoms with E-state index in [1.54, 1.807) is 12.1 Å². The van der Waals surface area contributed by atoms with E-state index in [1.807, 2.05) is 12.1 Å². The van der Waals surface area contributed by atoms with Crippen LogP contribution in [0.5, 0.6) is 5.75 Å². The molecule has 1 aromatic carbocycles. The molecule has 3 heteroatoms. The fourth-order valence-corrected chi connectivity index (χ4v) is 2.75. The first kappa shape index (κ1) is 16.3. The van der Waals surface area contributed by atoms with Crippen LogP contribution in [-0.2, 0) is 9.47 Å². The highest BCUT2D eigenvalue weighted by Gasteiger charge is 2.23. The molecule has 0 aliphatic carbocycles. The molecule has 0 aromatic heterocycles. The molecule has 0 radical (unpaired) electrons. The Labute approximate surface area is 128 Å². The van der Waals surface area contributed by atoms with Gasteiger partial charge in [0.1, 0.15) is 5.75 Å². The molecule has 1 N–H and O–H groups in total. The van der Waals surface area contributed by atoms with E-state index >= 15 is 0 Å². The largest absolute Gasteiger partial charge is 0.508 e. The van der Waals surface area contributed by atoms with Gasteiger partial charge in [0.25, 0.3) is 0 Å². The SMILES string of the molecule is CCCCCCCCC1COC(c2ccc(O)cc2)OC1. The second kappa shape index (κ2) is 9.06. The highest BCUT2D eigenvalue weighted by atomic mass is 16.7. The van der Waals surface area contributed by atoms with Crippen molar-refractivity contribution in [1.29, 1.82) is 0 Å². The molecule has 3 nitrogen and oxygen atoms in total. The summed E-state index contributed by atoms with van der Waals surface area (Å²) < 4.78 is 11.6. The number of ether oxygens (including phenoxy) is 2. The lowest BCUT2D eigenvalue weighted by Gasteiger charge is -2.29. The number of phenols is 1. The minimum absolute atomic E-state index is 0.272. The number of hydrogen-bond acceptors (Lipinski definition) is 3. The molecule has 0 atom stereocenters. The van der Waals surface area contributed by atoms with Gasteiger partial charge in [-0.05, 0) is 18.6 Å². The maximum atomic E-state index is 9.29. The Morgan fingerprint density at radius 2 is 1.57 bits per heavy atom. The van der Waals surface area contributed by atoms with Crippen molar-refractivity contribution in [1.82, 2.24) is 0 Å². The van der Waals surface area contributed by atoms with Crippen LogP contribution in [-0.4, -0.2) is 18.3 Å². The van der Waals surface area contributed by atoms with Crippen LogP contribution < -0.4 is 0 Å². The zero-order chi connectivity index (χ0) is 14.9. The van der Waals surface area contributed by atoms with Crippen molar-refractivity contribution in [3.63, 3.8) is 0 Å². The van der Waals surface area contributed by atoms with Crippen molar-refractivity contribution in [3.05, 3.63) is 29.8 Å². The molecule has 0 spiro atoms. The van der Waals surface area contributed by atoms with E-state index in [0.29, 0.717) is 5.92 Å². The number of rotatable bonds is 8. The monoisotopic (exact) mass is 292 g/mol. The summed E-state index contributed by atoms with van der Waals surface area (Å²) in [6, 6.07) is 7.05. The van der Waals surface area contributed by atoms with Crippen molar-refractivity contribution in [2.75, 3.05) is 13.2 Å². The normalized spacial score (nSPS) is 22.3. The molecule has 1 fully saturated rings. The van der Waals surface area contributed by atoms with Gasteiger partial charge in [-0.1, -0.05) is 57.6 Å². The van der Waals surface area contributed by atoms with Crippen molar-refractivity contribution in [3.8, 4) is 5.75 Å². The van der Waals surface area contributed by atoms with E-state index < -0.39 is 0 Å². The van der Waals surface area contributed by atoms with Crippen molar-refractivity contribution < 1.29 is 14.6 Å². The molecule has 21 heavy (non-hydrogen) atoms. The van der Waals surface area contributed by atoms with Crippen LogP contribution >= 0.6 is 0 Å². The third-order valence-electron chi connectivity index (χ3n) is 4.10. The molecule has 1 aliphatic heterocycles. The van der Waals surface area contributed by atoms with Gasteiger partial charge in [-0.2, -0.15) is 0 Å². The topological polar surface area (TPSA) is 38.7 Å². The highest BCUT2D eigenvalue weighted by molar-refractivity contribution is 5.26. The molecular formula is C18H28O3. The maximum Gasteiger partial charge on any atom is 0.183 e. The minimum atomic E-state index is -0.272. The van der Waals surface area contributed by atoms with Crippen LogP contribution in [0.2, 0.25) is 0 Å². The van der Waals surface area contributed by atoms with Crippen molar-refractivity contribution in [2.45, 2.75) is 58.2 Å². The van der Waals surface area contributed by atoms with E-state index in [1.165, 1.54) is 44.9 Å². The van der Waals surface area contributed by atoms with E-state index in [9.17, 15) is 5.11 Å². The van der Waals surface area contributed by atoms with Gasteiger partial charge in [-0.15, -0.1) is 0 Å². The Morgan fingerprint density at radius 1 is 0.952 bits per heavy atom. The average molecular weight is 292 g/mol. The van der Waals surface area contributed by atoms with E-state index in [-0.39, 0.29) is 12.0 Å². The second-order valence-corrected chi connectivity index (χ2v) is 6.01. The standard InChI is InChI=1S/C18H28O3/c1-2-3-4-5-6-7-8-15-13-20-18(21-14-15)16-9-11-17(19)12-10-16/h9-12,15,18-19H,2-8,13-14H2,1H3. The van der Waals surface area contributed by atoms with E-state index in [4.69, 9.17) is 9.47 Å². The van der Waals surface area contributed by atoms with Crippen LogP contribution in [0.4, 0.5) is 0 Å². The molecule has 0 saturated carbocycles. The highest BCUT2D eigenvalue weighted by Crippen LogP contribution is 2.28. The molecule has 1 heterocycles. The van der Waals surface area contributed by atoms with Crippen LogP contribution in [0.3, 0.4) is 0 Å². The minimum Gasteiger partial charge on any atom is -0.508 e. The lowest BCUT2D eigenvalue weighted by Crippen LogP contribution is -2.27. The van der Waals surface area contributed by atoms with Gasteiger partial charge in [-0.25, -0.2) is 0 Å². The van der Waals surface area contributed by atoms with E-state index in [0.717, 1.165) is 18.8 Å². The Bertz CT molecular complexity index is 380. The summed E-state index contributed by atoms with van der Waals surface area (Å²) in [6.07, 6.45) is 8.95. The van der Waals surface area contributed by atoms with Gasteiger partial charge in [0.05, 0.1) is 13.2 Å². The zero-order valence-corrected chi connectivity index (χ0v) is 13.1. The summed E-state index contributed by atoms with van der Waals surface area (Å²) in [7, 11) is 0. The van der Waals surface area contributed by atoms with Gasteiger partial charge in [0, 0.05) is 11.5 Å². The summed E-state index contributed by atoms with van der Waals surface area (Å²) in [4.78, 5) is 0. The maximum absolute atomic E-state index is 9.29. The lowest BCUT2D eigenvalue weighted by molar-refractivity contribution is -0.206. The average Bonchev–Trinajstić information content (AvgIpc) is 2.52. The number of unbranched alkanes of at least 4 members (excludes halogenated alkanes) is 5. The number of phenolic OH excluding ortho intramolecular Hbond substituents is 1. The fourth-order valence-electron chi connectivity index (χ4n) is 2.75. The van der Waals surface area contributed by atoms with Crippen LogP contribution in [0.15, 0.2) is 24.3 Å². The summed E-state index contributed by atoms with van der Waals surface area (Å²) in [5.74, 6) is 0.806. The molecule has 1 aromatic rings. The molecular weight excluding hydrogens is 264 g/mol. The van der Waals surface area contributed by atoms with Gasteiger partial charge in [0.15, 0.2) is 6.29 Å². The number of aromatic hydroxyl groups is 1. The van der Waals surface area contributed by atoms with Gasteiger partial charge < -0.3 is 14.6 Å². The molecule has 118 valence electrons. The smallest absolute Gasteiger partial charge is 0.183 e. The van der Waals surface area contributed by atoms with Crippen molar-refractivity contribution >= 4 is 0 Å². The van der Waals surface area contributed by atoms with Gasteiger partial charge >= 0.3 is 0 Å². The van der Waals surface area contributed by atoms with Crippen LogP contribution in [0, 0.1) is 5.92 Å². The predicted octanol–water partition coefficient (Wildman–Crippen LogP) is 4.80. The van der Waals surface area contributed by atoms with E-state index in [2.05, 4.69) is 6.92 Å².